The number of carboxylic acid groups (broad SMARTS) is 1. The number of rotatable bonds is 6. The highest BCUT2D eigenvalue weighted by molar-refractivity contribution is 8.15. The monoisotopic (exact) mass is 412 g/mol. The van der Waals surface area contributed by atoms with Gasteiger partial charge < -0.3 is 14.7 Å². The van der Waals surface area contributed by atoms with E-state index in [-0.39, 0.29) is 35.6 Å². The van der Waals surface area contributed by atoms with Gasteiger partial charge in [-0.25, -0.2) is 8.42 Å². The Morgan fingerprint density at radius 2 is 2.11 bits per heavy atom. The molecular weight excluding hydrogens is 392 g/mol. The number of methoxy groups -OCH3 is 1. The molecule has 8 nitrogen and oxygen atoms in total. The molecule has 3 rings (SSSR count). The quantitative estimate of drug-likeness (QED) is 0.740. The van der Waals surface area contributed by atoms with Gasteiger partial charge in [-0.1, -0.05) is 23.9 Å². The van der Waals surface area contributed by atoms with Gasteiger partial charge in [0.1, 0.15) is 5.75 Å². The molecule has 2 aliphatic heterocycles. The van der Waals surface area contributed by atoms with Crippen molar-refractivity contribution < 1.29 is 27.9 Å². The van der Waals surface area contributed by atoms with Gasteiger partial charge in [0.25, 0.3) is 0 Å². The molecule has 1 aromatic carbocycles. The first-order valence-corrected chi connectivity index (χ1v) is 11.1. The highest BCUT2D eigenvalue weighted by Gasteiger charge is 2.48. The molecule has 0 saturated carbocycles. The van der Waals surface area contributed by atoms with Crippen molar-refractivity contribution in [3.63, 3.8) is 0 Å². The Kier molecular flexibility index (Phi) is 5.75. The van der Waals surface area contributed by atoms with Crippen molar-refractivity contribution in [2.24, 2.45) is 4.99 Å². The standard InChI is InChI=1S/C17H20N2O6S2/c1-25-12-4-2-3-11(7-12)8-19-13-9-27(23,24)10-14(13)26-17(19)18-15(20)5-6-16(21)22/h2-4,7,13-14H,5-6,8-10H2,1H3,(H,21,22)/t13-,14-/m0/s1. The van der Waals surface area contributed by atoms with Crippen molar-refractivity contribution in [1.29, 1.82) is 0 Å². The first-order valence-electron chi connectivity index (χ1n) is 8.37. The Balaban J connectivity index is 1.83. The van der Waals surface area contributed by atoms with Crippen molar-refractivity contribution in [2.45, 2.75) is 30.7 Å². The lowest BCUT2D eigenvalue weighted by Crippen LogP contribution is -2.37. The Bertz CT molecular complexity index is 883. The van der Waals surface area contributed by atoms with Crippen molar-refractivity contribution in [3.8, 4) is 5.75 Å². The molecule has 0 radical (unpaired) electrons. The lowest BCUT2D eigenvalue weighted by molar-refractivity contribution is -0.138. The summed E-state index contributed by atoms with van der Waals surface area (Å²) in [5, 5.41) is 9.00. The van der Waals surface area contributed by atoms with Gasteiger partial charge in [0.15, 0.2) is 15.0 Å². The molecule has 0 unspecified atom stereocenters. The smallest absolute Gasteiger partial charge is 0.303 e. The van der Waals surface area contributed by atoms with Gasteiger partial charge in [0.2, 0.25) is 5.91 Å². The maximum Gasteiger partial charge on any atom is 0.303 e. The summed E-state index contributed by atoms with van der Waals surface area (Å²) in [4.78, 5) is 28.6. The number of sulfone groups is 1. The van der Waals surface area contributed by atoms with E-state index in [0.717, 1.165) is 5.56 Å². The van der Waals surface area contributed by atoms with Crippen LogP contribution in [0.4, 0.5) is 0 Å². The van der Waals surface area contributed by atoms with Gasteiger partial charge in [-0.3, -0.25) is 9.59 Å². The van der Waals surface area contributed by atoms with Crippen LogP contribution in [0.5, 0.6) is 5.75 Å². The van der Waals surface area contributed by atoms with Crippen LogP contribution in [0.3, 0.4) is 0 Å². The average Bonchev–Trinajstić information content (AvgIpc) is 3.06. The SMILES string of the molecule is COc1cccc(CN2C(=NC(=O)CCC(=O)O)S[C@H]3CS(=O)(=O)C[C@@H]32)c1. The van der Waals surface area contributed by atoms with Gasteiger partial charge in [0, 0.05) is 18.2 Å². The van der Waals surface area contributed by atoms with E-state index < -0.39 is 21.7 Å². The first kappa shape index (κ1) is 19.7. The zero-order valence-electron chi connectivity index (χ0n) is 14.7. The molecule has 1 N–H and O–H groups in total. The third-order valence-electron chi connectivity index (χ3n) is 4.44. The second kappa shape index (κ2) is 7.89. The van der Waals surface area contributed by atoms with Crippen LogP contribution in [-0.2, 0) is 26.0 Å². The summed E-state index contributed by atoms with van der Waals surface area (Å²) < 4.78 is 29.3. The summed E-state index contributed by atoms with van der Waals surface area (Å²) in [6.07, 6.45) is -0.461. The Labute approximate surface area is 161 Å². The summed E-state index contributed by atoms with van der Waals surface area (Å²) in [5.74, 6) is -0.806. The maximum atomic E-state index is 12.0. The number of carboxylic acids is 1. The zero-order valence-corrected chi connectivity index (χ0v) is 16.3. The number of carbonyl (C=O) groups excluding carboxylic acids is 1. The number of fused-ring (bicyclic) bond motifs is 1. The number of benzene rings is 1. The molecule has 1 aromatic rings. The summed E-state index contributed by atoms with van der Waals surface area (Å²) in [6.45, 7) is 0.395. The number of aliphatic imine (C=N–C) groups is 1. The summed E-state index contributed by atoms with van der Waals surface area (Å²) in [6, 6.07) is 7.15. The van der Waals surface area contributed by atoms with Crippen LogP contribution in [0.2, 0.25) is 0 Å². The first-order chi connectivity index (χ1) is 12.8. The fraction of sp³-hybridized carbons (Fsp3) is 0.471. The van der Waals surface area contributed by atoms with Crippen molar-refractivity contribution in [3.05, 3.63) is 29.8 Å². The fourth-order valence-corrected chi connectivity index (χ4v) is 7.13. The summed E-state index contributed by atoms with van der Waals surface area (Å²) >= 11 is 1.28. The molecule has 2 aliphatic rings. The molecule has 2 saturated heterocycles. The summed E-state index contributed by atoms with van der Waals surface area (Å²) in [7, 11) is -1.55. The second-order valence-electron chi connectivity index (χ2n) is 6.46. The number of aliphatic carboxylic acids is 1. The predicted octanol–water partition coefficient (Wildman–Crippen LogP) is 1.16. The molecule has 0 spiro atoms. The lowest BCUT2D eigenvalue weighted by Gasteiger charge is -2.24. The zero-order chi connectivity index (χ0) is 19.6. The maximum absolute atomic E-state index is 12.0. The van der Waals surface area contributed by atoms with Crippen LogP contribution >= 0.6 is 11.8 Å². The third-order valence-corrected chi connectivity index (χ3v) is 7.68. The number of hydrogen-bond donors (Lipinski definition) is 1. The molecule has 0 aromatic heterocycles. The number of nitrogens with zero attached hydrogens (tertiary/aromatic N) is 2. The third kappa shape index (κ3) is 4.81. The topological polar surface area (TPSA) is 113 Å². The van der Waals surface area contributed by atoms with Crippen LogP contribution in [0.15, 0.2) is 29.3 Å². The number of amides is 1. The van der Waals surface area contributed by atoms with Crippen LogP contribution < -0.4 is 4.74 Å². The molecule has 0 aliphatic carbocycles. The number of hydrogen-bond acceptors (Lipinski definition) is 6. The number of ether oxygens (including phenoxy) is 1. The Hall–Kier alpha value is -2.07. The number of thioether (sulfide) groups is 1. The van der Waals surface area contributed by atoms with Crippen LogP contribution in [0.1, 0.15) is 18.4 Å². The minimum atomic E-state index is -3.12. The van der Waals surface area contributed by atoms with Crippen molar-refractivity contribution >= 4 is 38.6 Å². The molecule has 27 heavy (non-hydrogen) atoms. The average molecular weight is 412 g/mol. The van der Waals surface area contributed by atoms with Crippen molar-refractivity contribution in [1.82, 2.24) is 4.90 Å². The molecule has 2 fully saturated rings. The van der Waals surface area contributed by atoms with Gasteiger partial charge >= 0.3 is 5.97 Å². The Morgan fingerprint density at radius 3 is 2.81 bits per heavy atom. The Morgan fingerprint density at radius 1 is 1.33 bits per heavy atom. The van der Waals surface area contributed by atoms with E-state index in [1.807, 2.05) is 29.2 Å². The van der Waals surface area contributed by atoms with E-state index >= 15 is 0 Å². The molecule has 1 amide bonds. The van der Waals surface area contributed by atoms with Crippen molar-refractivity contribution in [2.75, 3.05) is 18.6 Å². The van der Waals surface area contributed by atoms with Crippen LogP contribution in [0, 0.1) is 0 Å². The van der Waals surface area contributed by atoms with E-state index in [9.17, 15) is 18.0 Å². The van der Waals surface area contributed by atoms with E-state index in [0.29, 0.717) is 17.5 Å². The minimum absolute atomic E-state index is 0.0248. The van der Waals surface area contributed by atoms with E-state index in [2.05, 4.69) is 4.99 Å². The lowest BCUT2D eigenvalue weighted by atomic mass is 10.1. The summed E-state index contributed by atoms with van der Waals surface area (Å²) in [5.41, 5.74) is 0.908. The highest BCUT2D eigenvalue weighted by Crippen LogP contribution is 2.39. The molecule has 10 heteroatoms. The van der Waals surface area contributed by atoms with Crippen LogP contribution in [-0.4, -0.2) is 65.4 Å². The highest BCUT2D eigenvalue weighted by atomic mass is 32.2. The molecule has 146 valence electrons. The number of amidine groups is 1. The molecule has 2 heterocycles. The largest absolute Gasteiger partial charge is 0.497 e. The van der Waals surface area contributed by atoms with Gasteiger partial charge in [-0.05, 0) is 17.7 Å². The van der Waals surface area contributed by atoms with E-state index in [4.69, 9.17) is 9.84 Å². The van der Waals surface area contributed by atoms with E-state index in [1.54, 1.807) is 7.11 Å². The minimum Gasteiger partial charge on any atom is -0.497 e. The fourth-order valence-electron chi connectivity index (χ4n) is 3.16. The van der Waals surface area contributed by atoms with Crippen LogP contribution in [0.25, 0.3) is 0 Å². The molecular formula is C17H20N2O6S2. The number of carbonyl (C=O) groups is 2. The second-order valence-corrected chi connectivity index (χ2v) is 9.82. The normalized spacial score (nSPS) is 24.8. The predicted molar refractivity (Wildman–Crippen MR) is 102 cm³/mol. The van der Waals surface area contributed by atoms with Gasteiger partial charge in [-0.2, -0.15) is 4.99 Å². The molecule has 0 bridgehead atoms. The molecule has 2 atom stereocenters. The van der Waals surface area contributed by atoms with E-state index in [1.165, 1.54) is 11.8 Å². The van der Waals surface area contributed by atoms with Gasteiger partial charge in [0.05, 0.1) is 31.1 Å². The van der Waals surface area contributed by atoms with Gasteiger partial charge in [-0.15, -0.1) is 0 Å².